The molecule has 0 fully saturated rings. The second-order valence-electron chi connectivity index (χ2n) is 4.53. The van der Waals surface area contributed by atoms with E-state index in [9.17, 15) is 19.2 Å². The van der Waals surface area contributed by atoms with Gasteiger partial charge < -0.3 is 49.1 Å². The second-order valence-corrected chi connectivity index (χ2v) is 4.53. The molecule has 0 aliphatic heterocycles. The van der Waals surface area contributed by atoms with Crippen molar-refractivity contribution in [3.63, 3.8) is 0 Å². The van der Waals surface area contributed by atoms with Crippen molar-refractivity contribution >= 4 is 29.8 Å². The van der Waals surface area contributed by atoms with Crippen LogP contribution in [0, 0.1) is 0 Å². The Kier molecular flexibility index (Phi) is 18.1. The van der Waals surface area contributed by atoms with Crippen LogP contribution in [0.3, 0.4) is 0 Å². The molecule has 0 aliphatic rings. The standard InChI is InChI=1S/C6H14N4O2.C4H7NO4.C2H5NO2/c7-4(5(11)12)2-1-3-10-6(8)9;5-2(4(8)9)1-3(6)7;3-1-2(4)5/h4H,1-3,7H2,(H,11,12)(H4,8,9,10);2H,1,5H2,(H,6,7)(H,8,9);1,3H2,(H,4,5). The van der Waals surface area contributed by atoms with Gasteiger partial charge in [0.05, 0.1) is 13.0 Å². The summed E-state index contributed by atoms with van der Waals surface area (Å²) in [5.41, 5.74) is 24.7. The van der Waals surface area contributed by atoms with Crippen molar-refractivity contribution in [1.82, 2.24) is 0 Å². The van der Waals surface area contributed by atoms with Crippen molar-refractivity contribution in [3.05, 3.63) is 0 Å². The first-order chi connectivity index (χ1) is 11.8. The Hall–Kier alpha value is -2.97. The zero-order valence-electron chi connectivity index (χ0n) is 13.9. The molecule has 0 spiro atoms. The normalized spacial score (nSPS) is 11.3. The van der Waals surface area contributed by atoms with E-state index >= 15 is 0 Å². The highest BCUT2D eigenvalue weighted by Gasteiger charge is 2.14. The van der Waals surface area contributed by atoms with Gasteiger partial charge in [0.1, 0.15) is 12.1 Å². The molecule has 14 N–H and O–H groups in total. The van der Waals surface area contributed by atoms with Gasteiger partial charge in [-0.2, -0.15) is 0 Å². The van der Waals surface area contributed by atoms with Gasteiger partial charge in [-0.3, -0.25) is 24.2 Å². The van der Waals surface area contributed by atoms with Crippen LogP contribution < -0.4 is 28.7 Å². The van der Waals surface area contributed by atoms with Gasteiger partial charge in [0.15, 0.2) is 5.96 Å². The van der Waals surface area contributed by atoms with Crippen molar-refractivity contribution in [1.29, 1.82) is 0 Å². The van der Waals surface area contributed by atoms with E-state index in [1.54, 1.807) is 0 Å². The third-order valence-electron chi connectivity index (χ3n) is 2.17. The van der Waals surface area contributed by atoms with Crippen molar-refractivity contribution in [2.75, 3.05) is 13.1 Å². The summed E-state index contributed by atoms with van der Waals surface area (Å²) in [4.78, 5) is 42.8. The van der Waals surface area contributed by atoms with Crippen LogP contribution in [0.15, 0.2) is 4.99 Å². The predicted octanol–water partition coefficient (Wildman–Crippen LogP) is -3.65. The fraction of sp³-hybridized carbons (Fsp3) is 0.583. The molecule has 0 aromatic rings. The van der Waals surface area contributed by atoms with Crippen molar-refractivity contribution in [3.8, 4) is 0 Å². The highest BCUT2D eigenvalue weighted by Crippen LogP contribution is 1.94. The van der Waals surface area contributed by atoms with E-state index in [2.05, 4.69) is 10.7 Å². The lowest BCUT2D eigenvalue weighted by Crippen LogP contribution is -2.32. The second kappa shape index (κ2) is 16.9. The number of aliphatic imine (C=N–C) groups is 1. The molecule has 152 valence electrons. The Morgan fingerprint density at radius 3 is 1.50 bits per heavy atom. The molecule has 0 rings (SSSR count). The number of rotatable bonds is 9. The molecule has 2 atom stereocenters. The summed E-state index contributed by atoms with van der Waals surface area (Å²) < 4.78 is 0. The fourth-order valence-corrected chi connectivity index (χ4v) is 0.918. The Morgan fingerprint density at radius 2 is 1.27 bits per heavy atom. The minimum Gasteiger partial charge on any atom is -0.481 e. The number of carbonyl (C=O) groups is 4. The van der Waals surface area contributed by atoms with Crippen LogP contribution in [0.1, 0.15) is 19.3 Å². The first-order valence-electron chi connectivity index (χ1n) is 7.00. The molecule has 0 saturated carbocycles. The molecule has 2 unspecified atom stereocenters. The lowest BCUT2D eigenvalue weighted by atomic mass is 10.2. The topological polar surface area (TPSA) is 292 Å². The third kappa shape index (κ3) is 26.0. The van der Waals surface area contributed by atoms with Crippen molar-refractivity contribution in [2.24, 2.45) is 33.7 Å². The number of hydrogen-bond acceptors (Lipinski definition) is 8. The number of carboxylic acid groups (broad SMARTS) is 4. The van der Waals surface area contributed by atoms with Crippen LogP contribution in [-0.4, -0.2) is 75.4 Å². The highest BCUT2D eigenvalue weighted by molar-refractivity contribution is 5.80. The van der Waals surface area contributed by atoms with E-state index in [0.29, 0.717) is 19.4 Å². The maximum atomic E-state index is 10.2. The summed E-state index contributed by atoms with van der Waals surface area (Å²) in [5, 5.41) is 32.0. The van der Waals surface area contributed by atoms with Crippen LogP contribution in [0.4, 0.5) is 0 Å². The summed E-state index contributed by atoms with van der Waals surface area (Å²) in [6.07, 6.45) is 0.423. The molecule has 0 amide bonds. The van der Waals surface area contributed by atoms with Crippen LogP contribution >= 0.6 is 0 Å². The molecule has 0 saturated heterocycles. The van der Waals surface area contributed by atoms with E-state index in [1.807, 2.05) is 0 Å². The van der Waals surface area contributed by atoms with Gasteiger partial charge in [0, 0.05) is 6.54 Å². The largest absolute Gasteiger partial charge is 0.481 e. The number of carboxylic acids is 4. The maximum Gasteiger partial charge on any atom is 0.321 e. The monoisotopic (exact) mass is 382 g/mol. The predicted molar refractivity (Wildman–Crippen MR) is 90.1 cm³/mol. The van der Waals surface area contributed by atoms with Gasteiger partial charge in [0.25, 0.3) is 0 Å². The Bertz CT molecular complexity index is 480. The lowest BCUT2D eigenvalue weighted by Gasteiger charge is -2.03. The zero-order chi connectivity index (χ0) is 21.3. The fourth-order valence-electron chi connectivity index (χ4n) is 0.918. The Balaban J connectivity index is -0.000000333. The average Bonchev–Trinajstić information content (AvgIpc) is 2.51. The summed E-state index contributed by atoms with van der Waals surface area (Å²) in [6.45, 7) is 0.142. The number of aliphatic carboxylic acids is 4. The smallest absolute Gasteiger partial charge is 0.321 e. The molecule has 26 heavy (non-hydrogen) atoms. The molecular formula is C12H26N6O8. The number of nitrogens with zero attached hydrogens (tertiary/aromatic N) is 1. The van der Waals surface area contributed by atoms with E-state index in [-0.39, 0.29) is 12.5 Å². The quantitative estimate of drug-likeness (QED) is 0.106. The summed E-state index contributed by atoms with van der Waals surface area (Å²) >= 11 is 0. The molecule has 0 aliphatic carbocycles. The van der Waals surface area contributed by atoms with Gasteiger partial charge in [-0.05, 0) is 12.8 Å². The van der Waals surface area contributed by atoms with E-state index in [1.165, 1.54) is 0 Å². The van der Waals surface area contributed by atoms with Gasteiger partial charge in [-0.15, -0.1) is 0 Å². The molecular weight excluding hydrogens is 356 g/mol. The summed E-state index contributed by atoms with van der Waals surface area (Å²) in [7, 11) is 0. The SMILES string of the molecule is NC(CC(=O)O)C(=O)O.NC(N)=NCCCC(N)C(=O)O.NCC(=O)O. The molecule has 0 bridgehead atoms. The Morgan fingerprint density at radius 1 is 0.846 bits per heavy atom. The molecule has 14 heteroatoms. The van der Waals surface area contributed by atoms with Gasteiger partial charge in [-0.1, -0.05) is 0 Å². The van der Waals surface area contributed by atoms with Gasteiger partial charge in [0.2, 0.25) is 0 Å². The highest BCUT2D eigenvalue weighted by atomic mass is 16.4. The number of nitrogens with two attached hydrogens (primary N) is 5. The van der Waals surface area contributed by atoms with Crippen LogP contribution in [0.5, 0.6) is 0 Å². The maximum absolute atomic E-state index is 10.2. The third-order valence-corrected chi connectivity index (χ3v) is 2.17. The molecule has 0 aromatic heterocycles. The first-order valence-corrected chi connectivity index (χ1v) is 7.00. The summed E-state index contributed by atoms with van der Waals surface area (Å²) in [6, 6.07) is -2.11. The first kappa shape index (κ1) is 27.9. The van der Waals surface area contributed by atoms with Crippen molar-refractivity contribution < 1.29 is 39.6 Å². The minimum absolute atomic E-state index is 0.0129. The molecule has 0 heterocycles. The van der Waals surface area contributed by atoms with Crippen LogP contribution in [-0.2, 0) is 19.2 Å². The van der Waals surface area contributed by atoms with E-state index in [0.717, 1.165) is 0 Å². The molecule has 0 aromatic carbocycles. The zero-order valence-corrected chi connectivity index (χ0v) is 13.9. The van der Waals surface area contributed by atoms with Gasteiger partial charge in [-0.25, -0.2) is 0 Å². The average molecular weight is 382 g/mol. The molecule has 14 nitrogen and oxygen atoms in total. The number of guanidine groups is 1. The minimum atomic E-state index is -1.29. The lowest BCUT2D eigenvalue weighted by molar-refractivity contribution is -0.144. The summed E-state index contributed by atoms with van der Waals surface area (Å²) in [5.74, 6) is -4.45. The van der Waals surface area contributed by atoms with E-state index in [4.69, 9.17) is 43.4 Å². The van der Waals surface area contributed by atoms with E-state index < -0.39 is 42.4 Å². The van der Waals surface area contributed by atoms with Crippen molar-refractivity contribution in [2.45, 2.75) is 31.3 Å². The van der Waals surface area contributed by atoms with Gasteiger partial charge >= 0.3 is 23.9 Å². The van der Waals surface area contributed by atoms with Crippen LogP contribution in [0.25, 0.3) is 0 Å². The van der Waals surface area contributed by atoms with Crippen LogP contribution in [0.2, 0.25) is 0 Å². The molecule has 0 radical (unpaired) electrons. The Labute approximate surface area is 148 Å². The number of hydrogen-bond donors (Lipinski definition) is 9.